The molecule has 1 aliphatic heterocycles. The molecule has 0 saturated carbocycles. The van der Waals surface area contributed by atoms with Gasteiger partial charge < -0.3 is 10.5 Å². The maximum absolute atomic E-state index is 12.1. The lowest BCUT2D eigenvalue weighted by Gasteiger charge is -2.13. The molecule has 0 radical (unpaired) electrons. The molecule has 2 rings (SSSR count). The maximum atomic E-state index is 12.1. The van der Waals surface area contributed by atoms with Crippen molar-refractivity contribution in [2.45, 2.75) is 30.8 Å². The highest BCUT2D eigenvalue weighted by Gasteiger charge is 2.21. The van der Waals surface area contributed by atoms with Gasteiger partial charge in [0.05, 0.1) is 11.0 Å². The molecule has 0 aromatic heterocycles. The molecule has 0 spiro atoms. The van der Waals surface area contributed by atoms with Gasteiger partial charge in [-0.25, -0.2) is 13.1 Å². The Morgan fingerprint density at radius 2 is 2.28 bits per heavy atom. The first-order valence-electron chi connectivity index (χ1n) is 5.96. The minimum atomic E-state index is -3.51. The summed E-state index contributed by atoms with van der Waals surface area (Å²) in [6.07, 6.45) is 1.88. The van der Waals surface area contributed by atoms with Gasteiger partial charge in [-0.3, -0.25) is 0 Å². The molecule has 1 aromatic carbocycles. The van der Waals surface area contributed by atoms with Crippen molar-refractivity contribution in [3.8, 4) is 0 Å². The Morgan fingerprint density at radius 3 is 2.94 bits per heavy atom. The van der Waals surface area contributed by atoms with Crippen LogP contribution in [-0.2, 0) is 14.8 Å². The number of nitrogen functional groups attached to an aromatic ring is 1. The van der Waals surface area contributed by atoms with Gasteiger partial charge in [0.15, 0.2) is 0 Å². The number of sulfonamides is 1. The SMILES string of the molecule is Cc1ccc(N)cc1S(=O)(=O)NCC1CCCO1. The van der Waals surface area contributed by atoms with Crippen molar-refractivity contribution in [1.82, 2.24) is 4.72 Å². The molecule has 0 bridgehead atoms. The van der Waals surface area contributed by atoms with Crippen LogP contribution in [0, 0.1) is 6.92 Å². The molecule has 1 heterocycles. The Hall–Kier alpha value is -1.11. The van der Waals surface area contributed by atoms with E-state index in [1.807, 2.05) is 0 Å². The number of rotatable bonds is 4. The number of nitrogens with one attached hydrogen (secondary N) is 1. The summed E-state index contributed by atoms with van der Waals surface area (Å²) in [6, 6.07) is 4.87. The Labute approximate surface area is 107 Å². The van der Waals surface area contributed by atoms with Gasteiger partial charge in [0.2, 0.25) is 10.0 Å². The molecule has 6 heteroatoms. The van der Waals surface area contributed by atoms with E-state index < -0.39 is 10.0 Å². The number of ether oxygens (including phenoxy) is 1. The highest BCUT2D eigenvalue weighted by molar-refractivity contribution is 7.89. The third-order valence-electron chi connectivity index (χ3n) is 3.03. The predicted octanol–water partition coefficient (Wildman–Crippen LogP) is 1.03. The highest BCUT2D eigenvalue weighted by atomic mass is 32.2. The van der Waals surface area contributed by atoms with Crippen molar-refractivity contribution in [3.05, 3.63) is 23.8 Å². The van der Waals surface area contributed by atoms with Crippen molar-refractivity contribution in [2.24, 2.45) is 0 Å². The molecular formula is C12H18N2O3S. The number of anilines is 1. The molecule has 1 aliphatic rings. The van der Waals surface area contributed by atoms with Crippen molar-refractivity contribution in [1.29, 1.82) is 0 Å². The van der Waals surface area contributed by atoms with Crippen molar-refractivity contribution < 1.29 is 13.2 Å². The van der Waals surface area contributed by atoms with Crippen molar-refractivity contribution >= 4 is 15.7 Å². The van der Waals surface area contributed by atoms with Crippen LogP contribution in [-0.4, -0.2) is 27.7 Å². The summed E-state index contributed by atoms with van der Waals surface area (Å²) in [4.78, 5) is 0.237. The van der Waals surface area contributed by atoms with E-state index in [0.717, 1.165) is 12.8 Å². The van der Waals surface area contributed by atoms with Crippen LogP contribution in [0.5, 0.6) is 0 Å². The van der Waals surface area contributed by atoms with E-state index in [9.17, 15) is 8.42 Å². The second-order valence-electron chi connectivity index (χ2n) is 4.51. The lowest BCUT2D eigenvalue weighted by molar-refractivity contribution is 0.114. The van der Waals surface area contributed by atoms with E-state index in [2.05, 4.69) is 4.72 Å². The topological polar surface area (TPSA) is 81.4 Å². The highest BCUT2D eigenvalue weighted by Crippen LogP contribution is 2.19. The third-order valence-corrected chi connectivity index (χ3v) is 4.59. The summed E-state index contributed by atoms with van der Waals surface area (Å²) in [5.41, 5.74) is 6.75. The second kappa shape index (κ2) is 5.26. The first-order chi connectivity index (χ1) is 8.49. The zero-order valence-electron chi connectivity index (χ0n) is 10.3. The molecule has 0 aliphatic carbocycles. The average molecular weight is 270 g/mol. The molecule has 1 fully saturated rings. The van der Waals surface area contributed by atoms with Crippen molar-refractivity contribution in [2.75, 3.05) is 18.9 Å². The molecule has 3 N–H and O–H groups in total. The van der Waals surface area contributed by atoms with Crippen LogP contribution >= 0.6 is 0 Å². The molecule has 1 atom stereocenters. The van der Waals surface area contributed by atoms with Gasteiger partial charge in [-0.05, 0) is 37.5 Å². The molecule has 1 unspecified atom stereocenters. The molecule has 1 saturated heterocycles. The summed E-state index contributed by atoms with van der Waals surface area (Å²) < 4.78 is 32.2. The van der Waals surface area contributed by atoms with Gasteiger partial charge in [0.25, 0.3) is 0 Å². The quantitative estimate of drug-likeness (QED) is 0.801. The monoisotopic (exact) mass is 270 g/mol. The van der Waals surface area contributed by atoms with E-state index in [1.165, 1.54) is 6.07 Å². The fourth-order valence-electron chi connectivity index (χ4n) is 1.99. The average Bonchev–Trinajstić information content (AvgIpc) is 2.83. The summed E-state index contributed by atoms with van der Waals surface area (Å²) in [7, 11) is -3.51. The fourth-order valence-corrected chi connectivity index (χ4v) is 3.34. The minimum Gasteiger partial charge on any atom is -0.399 e. The summed E-state index contributed by atoms with van der Waals surface area (Å²) in [6.45, 7) is 2.78. The van der Waals surface area contributed by atoms with E-state index in [4.69, 9.17) is 10.5 Å². The van der Waals surface area contributed by atoms with E-state index >= 15 is 0 Å². The van der Waals surface area contributed by atoms with Gasteiger partial charge in [-0.15, -0.1) is 0 Å². The zero-order valence-corrected chi connectivity index (χ0v) is 11.2. The normalized spacial score (nSPS) is 20.2. The fraction of sp³-hybridized carbons (Fsp3) is 0.500. The number of benzene rings is 1. The van der Waals surface area contributed by atoms with Crippen LogP contribution in [0.4, 0.5) is 5.69 Å². The predicted molar refractivity (Wildman–Crippen MR) is 69.8 cm³/mol. The van der Waals surface area contributed by atoms with E-state index in [-0.39, 0.29) is 11.0 Å². The van der Waals surface area contributed by atoms with Gasteiger partial charge in [0.1, 0.15) is 0 Å². The summed E-state index contributed by atoms with van der Waals surface area (Å²) in [5, 5.41) is 0. The Balaban J connectivity index is 2.12. The molecule has 1 aromatic rings. The van der Waals surface area contributed by atoms with Gasteiger partial charge in [-0.1, -0.05) is 6.07 Å². The molecule has 18 heavy (non-hydrogen) atoms. The number of nitrogens with two attached hydrogens (primary N) is 1. The maximum Gasteiger partial charge on any atom is 0.240 e. The lowest BCUT2D eigenvalue weighted by Crippen LogP contribution is -2.32. The van der Waals surface area contributed by atoms with E-state index in [0.29, 0.717) is 24.4 Å². The Bertz CT molecular complexity index is 522. The van der Waals surface area contributed by atoms with E-state index in [1.54, 1.807) is 19.1 Å². The number of hydrogen-bond donors (Lipinski definition) is 2. The largest absolute Gasteiger partial charge is 0.399 e. The molecule has 0 amide bonds. The summed E-state index contributed by atoms with van der Waals surface area (Å²) >= 11 is 0. The van der Waals surface area contributed by atoms with Crippen LogP contribution in [0.15, 0.2) is 23.1 Å². The van der Waals surface area contributed by atoms with Crippen LogP contribution in [0.2, 0.25) is 0 Å². The van der Waals surface area contributed by atoms with Crippen LogP contribution in [0.25, 0.3) is 0 Å². The lowest BCUT2D eigenvalue weighted by atomic mass is 10.2. The van der Waals surface area contributed by atoms with Crippen LogP contribution in [0.3, 0.4) is 0 Å². The summed E-state index contributed by atoms with van der Waals surface area (Å²) in [5.74, 6) is 0. The molecule has 100 valence electrons. The van der Waals surface area contributed by atoms with Gasteiger partial charge >= 0.3 is 0 Å². The third kappa shape index (κ3) is 3.01. The van der Waals surface area contributed by atoms with Crippen LogP contribution in [0.1, 0.15) is 18.4 Å². The molecular weight excluding hydrogens is 252 g/mol. The number of aryl methyl sites for hydroxylation is 1. The van der Waals surface area contributed by atoms with Crippen LogP contribution < -0.4 is 10.5 Å². The smallest absolute Gasteiger partial charge is 0.240 e. The van der Waals surface area contributed by atoms with Crippen molar-refractivity contribution in [3.63, 3.8) is 0 Å². The standard InChI is InChI=1S/C12H18N2O3S/c1-9-4-5-10(13)7-12(9)18(15,16)14-8-11-3-2-6-17-11/h4-5,7,11,14H,2-3,6,8,13H2,1H3. The first-order valence-corrected chi connectivity index (χ1v) is 7.45. The molecule has 5 nitrogen and oxygen atoms in total. The number of hydrogen-bond acceptors (Lipinski definition) is 4. The Morgan fingerprint density at radius 1 is 1.50 bits per heavy atom. The minimum absolute atomic E-state index is 0.0128. The Kier molecular flexibility index (Phi) is 3.89. The second-order valence-corrected chi connectivity index (χ2v) is 6.25. The first kappa shape index (κ1) is 13.3. The zero-order chi connectivity index (χ0) is 13.2. The van der Waals surface area contributed by atoms with Gasteiger partial charge in [-0.2, -0.15) is 0 Å². The van der Waals surface area contributed by atoms with Gasteiger partial charge in [0, 0.05) is 18.8 Å².